The quantitative estimate of drug-likeness (QED) is 0.0767. The summed E-state index contributed by atoms with van der Waals surface area (Å²) in [6, 6.07) is 63.0. The second kappa shape index (κ2) is 34.2. The molecule has 0 aliphatic carbocycles. The Morgan fingerprint density at radius 1 is 0.398 bits per heavy atom. The molecular weight excluding hydrogens is 1220 g/mol. The van der Waals surface area contributed by atoms with Crippen molar-refractivity contribution in [1.29, 1.82) is 0 Å². The standard InChI is InChI=1S/C27H30ClN3O.C26H28ClN3O.C25H26ClN3O/c1-19-15-25(27(32)30-24-10-6-9-23(28)17-24)26(29-20(19)2)16-21-11-13-31(14-12-21)18-22-7-4-3-5-8-22;1-19-10-11-24(26(31)29-23-9-5-8-22(27)17-23)25(28-19)16-20-12-14-30(15-13-20)18-21-6-3-2-4-7-21;26-21-8-4-9-22(17-21)28-25(30)23-10-5-13-27-24(23)16-19-11-14-29(15-12-19)18-20-6-2-1-3-7-20/h3-10,15,17,21H,11-14,16,18H2,1-2H3,(H,30,32);2-11,17,20H,12-16,18H2,1H3,(H,29,31);1-10,13,17,19H,11-12,14-16,18H2,(H,28,30). The SMILES string of the molecule is Cc1cc(C(=O)Nc2cccc(Cl)c2)c(CC2CCN(Cc3ccccc3)CC2)nc1C.Cc1ccc(C(=O)Nc2cccc(Cl)c2)c(CC2CCN(Cc3ccccc3)CC2)n1.O=C(Nc1cccc(Cl)c1)c1cccnc1CC1CCN(Cc2ccccc2)CC1. The van der Waals surface area contributed by atoms with E-state index in [0.29, 0.717) is 66.6 Å². The number of carbonyl (C=O) groups excluding carboxylic acids is 3. The summed E-state index contributed by atoms with van der Waals surface area (Å²) in [6.07, 6.45) is 11.0. The fourth-order valence-corrected chi connectivity index (χ4v) is 13.1. The molecule has 0 saturated carbocycles. The molecule has 3 fully saturated rings. The largest absolute Gasteiger partial charge is 0.322 e. The minimum atomic E-state index is -0.137. The molecule has 0 spiro atoms. The molecule has 15 heteroatoms. The van der Waals surface area contributed by atoms with E-state index in [1.54, 1.807) is 42.6 Å². The summed E-state index contributed by atoms with van der Waals surface area (Å²) >= 11 is 18.2. The number of piperidine rings is 3. The third-order valence-corrected chi connectivity index (χ3v) is 18.5. The normalized spacial score (nSPS) is 15.0. The Hall–Kier alpha value is -8.07. The van der Waals surface area contributed by atoms with Gasteiger partial charge in [-0.2, -0.15) is 0 Å². The Labute approximate surface area is 564 Å². The van der Waals surface area contributed by atoms with E-state index in [2.05, 4.69) is 127 Å². The number of benzene rings is 6. The molecule has 0 atom stereocenters. The Balaban J connectivity index is 0.000000153. The number of hydrogen-bond acceptors (Lipinski definition) is 9. The van der Waals surface area contributed by atoms with Gasteiger partial charge in [-0.1, -0.05) is 144 Å². The number of aryl methyl sites for hydroxylation is 3. The summed E-state index contributed by atoms with van der Waals surface area (Å²) in [5.74, 6) is 1.23. The second-order valence-electron chi connectivity index (χ2n) is 25.0. The Morgan fingerprint density at radius 2 is 0.763 bits per heavy atom. The monoisotopic (exact) mass is 1300 g/mol. The molecule has 6 aromatic carbocycles. The van der Waals surface area contributed by atoms with Crippen molar-refractivity contribution in [2.24, 2.45) is 17.8 Å². The van der Waals surface area contributed by atoms with Crippen molar-refractivity contribution in [3.05, 3.63) is 283 Å². The van der Waals surface area contributed by atoms with Gasteiger partial charge in [0.1, 0.15) is 0 Å². The van der Waals surface area contributed by atoms with Crippen LogP contribution < -0.4 is 16.0 Å². The number of anilines is 3. The first-order chi connectivity index (χ1) is 45.2. The van der Waals surface area contributed by atoms with Crippen LogP contribution in [0.4, 0.5) is 17.1 Å². The van der Waals surface area contributed by atoms with Crippen LogP contribution in [0, 0.1) is 38.5 Å². The van der Waals surface area contributed by atoms with Crippen LogP contribution in [0.1, 0.15) is 120 Å². The number of carbonyl (C=O) groups is 3. The molecule has 480 valence electrons. The summed E-state index contributed by atoms with van der Waals surface area (Å²) in [5, 5.41) is 10.7. The minimum Gasteiger partial charge on any atom is -0.322 e. The van der Waals surface area contributed by atoms with E-state index in [0.717, 1.165) is 151 Å². The predicted octanol–water partition coefficient (Wildman–Crippen LogP) is 17.3. The van der Waals surface area contributed by atoms with Gasteiger partial charge in [-0.05, 0) is 243 Å². The molecular formula is C78H84Cl3N9O3. The van der Waals surface area contributed by atoms with Gasteiger partial charge >= 0.3 is 0 Å². The summed E-state index contributed by atoms with van der Waals surface area (Å²) in [6.45, 7) is 15.5. The van der Waals surface area contributed by atoms with Crippen LogP contribution in [0.15, 0.2) is 200 Å². The number of hydrogen-bond donors (Lipinski definition) is 3. The van der Waals surface area contributed by atoms with Crippen LogP contribution in [0.25, 0.3) is 0 Å². The fraction of sp³-hybridized carbons (Fsp3) is 0.308. The van der Waals surface area contributed by atoms with Gasteiger partial charge in [-0.15, -0.1) is 0 Å². The lowest BCUT2D eigenvalue weighted by atomic mass is 9.90. The average Bonchev–Trinajstić information content (AvgIpc) is 1.67. The highest BCUT2D eigenvalue weighted by atomic mass is 35.5. The molecule has 0 radical (unpaired) electrons. The Kier molecular flexibility index (Phi) is 24.9. The smallest absolute Gasteiger partial charge is 0.257 e. The molecule has 3 saturated heterocycles. The van der Waals surface area contributed by atoms with E-state index in [-0.39, 0.29) is 17.7 Å². The lowest BCUT2D eigenvalue weighted by molar-refractivity contribution is 0.101. The average molecular weight is 1300 g/mol. The van der Waals surface area contributed by atoms with Gasteiger partial charge < -0.3 is 16.0 Å². The highest BCUT2D eigenvalue weighted by molar-refractivity contribution is 6.31. The summed E-state index contributed by atoms with van der Waals surface area (Å²) in [5.41, 5.74) is 13.7. The maximum atomic E-state index is 13.1. The van der Waals surface area contributed by atoms with Crippen LogP contribution in [0.5, 0.6) is 0 Å². The maximum absolute atomic E-state index is 13.1. The van der Waals surface area contributed by atoms with Crippen molar-refractivity contribution < 1.29 is 14.4 Å². The van der Waals surface area contributed by atoms with Crippen LogP contribution in [0.3, 0.4) is 0 Å². The first-order valence-electron chi connectivity index (χ1n) is 32.6. The molecule has 0 unspecified atom stereocenters. The third-order valence-electron chi connectivity index (χ3n) is 17.8. The molecule has 6 heterocycles. The molecule has 12 rings (SSSR count). The van der Waals surface area contributed by atoms with Crippen LogP contribution in [-0.4, -0.2) is 86.6 Å². The van der Waals surface area contributed by atoms with Gasteiger partial charge in [0.05, 0.1) is 33.8 Å². The zero-order valence-electron chi connectivity index (χ0n) is 53.6. The molecule has 3 N–H and O–H groups in total. The Morgan fingerprint density at radius 3 is 1.16 bits per heavy atom. The molecule has 3 aliphatic rings. The van der Waals surface area contributed by atoms with Crippen LogP contribution >= 0.6 is 34.8 Å². The van der Waals surface area contributed by atoms with E-state index < -0.39 is 0 Å². The number of nitrogens with zero attached hydrogens (tertiary/aromatic N) is 6. The van der Waals surface area contributed by atoms with Gasteiger partial charge in [0.15, 0.2) is 0 Å². The van der Waals surface area contributed by atoms with E-state index in [4.69, 9.17) is 44.8 Å². The predicted molar refractivity (Wildman–Crippen MR) is 380 cm³/mol. The molecule has 3 aliphatic heterocycles. The minimum absolute atomic E-state index is 0.126. The van der Waals surface area contributed by atoms with Crippen LogP contribution in [0.2, 0.25) is 15.1 Å². The lowest BCUT2D eigenvalue weighted by Gasteiger charge is -2.32. The van der Waals surface area contributed by atoms with E-state index >= 15 is 0 Å². The number of aromatic nitrogens is 3. The van der Waals surface area contributed by atoms with E-state index in [1.807, 2.05) is 87.5 Å². The number of nitrogens with one attached hydrogen (secondary N) is 3. The van der Waals surface area contributed by atoms with Gasteiger partial charge in [0.2, 0.25) is 0 Å². The van der Waals surface area contributed by atoms with Crippen molar-refractivity contribution >= 4 is 69.6 Å². The molecule has 9 aromatic rings. The maximum Gasteiger partial charge on any atom is 0.257 e. The van der Waals surface area contributed by atoms with Gasteiger partial charge in [-0.3, -0.25) is 44.0 Å². The second-order valence-corrected chi connectivity index (χ2v) is 26.3. The summed E-state index contributed by atoms with van der Waals surface area (Å²) in [4.78, 5) is 60.6. The number of rotatable bonds is 18. The van der Waals surface area contributed by atoms with Gasteiger partial charge in [0.25, 0.3) is 17.7 Å². The van der Waals surface area contributed by atoms with Crippen molar-refractivity contribution in [1.82, 2.24) is 29.7 Å². The number of likely N-dealkylation sites (tertiary alicyclic amines) is 3. The molecule has 3 aromatic heterocycles. The topological polar surface area (TPSA) is 136 Å². The van der Waals surface area contributed by atoms with E-state index in [9.17, 15) is 14.4 Å². The number of amides is 3. The van der Waals surface area contributed by atoms with Crippen molar-refractivity contribution in [2.75, 3.05) is 55.2 Å². The number of pyridine rings is 3. The highest BCUT2D eigenvalue weighted by Gasteiger charge is 2.27. The molecule has 3 amide bonds. The molecule has 93 heavy (non-hydrogen) atoms. The van der Waals surface area contributed by atoms with Gasteiger partial charge in [-0.25, -0.2) is 0 Å². The van der Waals surface area contributed by atoms with Crippen molar-refractivity contribution in [2.45, 2.75) is 98.2 Å². The van der Waals surface area contributed by atoms with Crippen molar-refractivity contribution in [3.63, 3.8) is 0 Å². The highest BCUT2D eigenvalue weighted by Crippen LogP contribution is 2.29. The van der Waals surface area contributed by atoms with Crippen LogP contribution in [-0.2, 0) is 38.9 Å². The summed E-state index contributed by atoms with van der Waals surface area (Å²) < 4.78 is 0. The Bertz CT molecular complexity index is 3890. The summed E-state index contributed by atoms with van der Waals surface area (Å²) in [7, 11) is 0. The first-order valence-corrected chi connectivity index (χ1v) is 33.7. The van der Waals surface area contributed by atoms with E-state index in [1.165, 1.54) is 16.7 Å². The lowest BCUT2D eigenvalue weighted by Crippen LogP contribution is -2.34. The first kappa shape index (κ1) is 67.8. The van der Waals surface area contributed by atoms with Gasteiger partial charge in [0, 0.05) is 69.3 Å². The number of halogens is 3. The zero-order valence-corrected chi connectivity index (χ0v) is 55.8. The third kappa shape index (κ3) is 21.0. The molecule has 0 bridgehead atoms. The molecule has 12 nitrogen and oxygen atoms in total. The van der Waals surface area contributed by atoms with Crippen molar-refractivity contribution in [3.8, 4) is 0 Å². The fourth-order valence-electron chi connectivity index (χ4n) is 12.6. The zero-order chi connectivity index (χ0) is 64.9.